The van der Waals surface area contributed by atoms with Crippen molar-refractivity contribution in [3.63, 3.8) is 0 Å². The number of benzene rings is 3. The van der Waals surface area contributed by atoms with Crippen molar-refractivity contribution in [2.24, 2.45) is 7.05 Å². The molecule has 5 aromatic rings. The Hall–Kier alpha value is -4.51. The topological polar surface area (TPSA) is 59.1 Å². The van der Waals surface area contributed by atoms with Crippen LogP contribution >= 0.6 is 0 Å². The van der Waals surface area contributed by atoms with Crippen LogP contribution in [0.2, 0.25) is 0 Å². The van der Waals surface area contributed by atoms with Crippen molar-refractivity contribution < 1.29 is 14.3 Å². The van der Waals surface area contributed by atoms with Crippen LogP contribution in [0.15, 0.2) is 110 Å². The number of carbonyl (C=O) groups excluding carboxylic acids is 1. The van der Waals surface area contributed by atoms with Crippen molar-refractivity contribution in [1.29, 1.82) is 0 Å². The Bertz CT molecular complexity index is 1440. The molecule has 5 rings (SSSR count). The fraction of sp³-hybridized carbons (Fsp3) is 0.0690. The maximum Gasteiger partial charge on any atom is 0.255 e. The molecule has 0 fully saturated rings. The number of nitrogens with zero attached hydrogens (tertiary/aromatic N) is 1. The average molecular weight is 447 g/mol. The van der Waals surface area contributed by atoms with Gasteiger partial charge in [0.25, 0.3) is 5.91 Å². The van der Waals surface area contributed by atoms with E-state index in [4.69, 9.17) is 0 Å². The number of aromatic amines is 1. The smallest absolute Gasteiger partial charge is 0.255 e. The van der Waals surface area contributed by atoms with Crippen LogP contribution in [0, 0.1) is 0 Å². The molecule has 5 nitrogen and oxygen atoms in total. The van der Waals surface area contributed by atoms with E-state index in [1.165, 1.54) is 5.56 Å². The van der Waals surface area contributed by atoms with Crippen molar-refractivity contribution >= 4 is 33.9 Å². The third kappa shape index (κ3) is 4.94. The molecular formula is C29H26N4O+2. The third-order valence-electron chi connectivity index (χ3n) is 5.77. The van der Waals surface area contributed by atoms with Gasteiger partial charge in [0.1, 0.15) is 7.05 Å². The summed E-state index contributed by atoms with van der Waals surface area (Å²) in [5.74, 6) is -0.119. The molecule has 0 aliphatic carbocycles. The van der Waals surface area contributed by atoms with Crippen molar-refractivity contribution in [2.45, 2.75) is 6.42 Å². The van der Waals surface area contributed by atoms with E-state index in [2.05, 4.69) is 39.9 Å². The first-order valence-electron chi connectivity index (χ1n) is 11.2. The largest absolute Gasteiger partial charge is 0.355 e. The van der Waals surface area contributed by atoms with E-state index in [0.29, 0.717) is 5.56 Å². The van der Waals surface area contributed by atoms with Gasteiger partial charge in [0, 0.05) is 41.2 Å². The minimum Gasteiger partial charge on any atom is -0.355 e. The van der Waals surface area contributed by atoms with Crippen LogP contribution in [0.25, 0.3) is 10.9 Å². The normalized spacial score (nSPS) is 10.7. The summed E-state index contributed by atoms with van der Waals surface area (Å²) in [6.45, 7) is 0. The first kappa shape index (κ1) is 21.3. The quantitative estimate of drug-likeness (QED) is 0.358. The summed E-state index contributed by atoms with van der Waals surface area (Å²) >= 11 is 0. The maximum atomic E-state index is 12.9. The number of H-pyrrole nitrogens is 1. The number of fused-ring (bicyclic) bond motifs is 1. The molecule has 0 atom stereocenters. The van der Waals surface area contributed by atoms with Gasteiger partial charge in [0.2, 0.25) is 5.52 Å². The molecule has 0 aliphatic rings. The molecule has 0 aliphatic heterocycles. The molecule has 2 heterocycles. The van der Waals surface area contributed by atoms with Gasteiger partial charge in [-0.2, -0.15) is 0 Å². The van der Waals surface area contributed by atoms with Gasteiger partial charge in [0.05, 0.1) is 11.1 Å². The lowest BCUT2D eigenvalue weighted by Gasteiger charge is -2.10. The zero-order chi connectivity index (χ0) is 23.3. The van der Waals surface area contributed by atoms with Crippen LogP contribution in [-0.4, -0.2) is 5.91 Å². The Morgan fingerprint density at radius 1 is 0.824 bits per heavy atom. The van der Waals surface area contributed by atoms with Gasteiger partial charge in [-0.3, -0.25) is 4.79 Å². The maximum absolute atomic E-state index is 12.9. The summed E-state index contributed by atoms with van der Waals surface area (Å²) in [6, 6.07) is 29.9. The molecule has 0 unspecified atom stereocenters. The Balaban J connectivity index is 1.26. The summed E-state index contributed by atoms with van der Waals surface area (Å²) in [4.78, 5) is 16.1. The van der Waals surface area contributed by atoms with E-state index in [-0.39, 0.29) is 5.91 Å². The van der Waals surface area contributed by atoms with E-state index in [9.17, 15) is 4.79 Å². The molecule has 0 bridgehead atoms. The second-order valence-corrected chi connectivity index (χ2v) is 8.34. The number of nitrogens with one attached hydrogen (secondary N) is 3. The number of pyridine rings is 2. The summed E-state index contributed by atoms with van der Waals surface area (Å²) in [7, 11) is 2.00. The highest BCUT2D eigenvalue weighted by Crippen LogP contribution is 2.24. The van der Waals surface area contributed by atoms with Crippen molar-refractivity contribution in [2.75, 3.05) is 10.6 Å². The lowest BCUT2D eigenvalue weighted by atomic mass is 10.0. The third-order valence-corrected chi connectivity index (χ3v) is 5.77. The summed E-state index contributed by atoms with van der Waals surface area (Å²) in [5, 5.41) is 7.58. The number of anilines is 3. The highest BCUT2D eigenvalue weighted by Gasteiger charge is 2.09. The van der Waals surface area contributed by atoms with Crippen molar-refractivity contribution in [3.05, 3.63) is 126 Å². The molecular weight excluding hydrogens is 420 g/mol. The number of amides is 1. The van der Waals surface area contributed by atoms with Gasteiger partial charge in [-0.1, -0.05) is 24.3 Å². The first-order valence-corrected chi connectivity index (χ1v) is 11.2. The number of carbonyl (C=O) groups is 1. The molecule has 166 valence electrons. The standard InChI is InChI=1S/C29H24N4O/c1-33-17-14-21(15-18-33)19-22-5-4-6-23(20-22)29(34)32-25-11-9-24(10-12-25)31-28-13-16-30-27-8-3-2-7-26(27)28/h2-18,20H,19H2,1H3,(H-,30,31,32,34)/p+2. The number of rotatable bonds is 6. The van der Waals surface area contributed by atoms with Crippen LogP contribution in [0.5, 0.6) is 0 Å². The molecule has 0 saturated heterocycles. The Labute approximate surface area is 198 Å². The number of hydrogen-bond donors (Lipinski definition) is 2. The lowest BCUT2D eigenvalue weighted by molar-refractivity contribution is -0.671. The van der Waals surface area contributed by atoms with Crippen molar-refractivity contribution in [1.82, 2.24) is 0 Å². The van der Waals surface area contributed by atoms with Crippen LogP contribution in [-0.2, 0) is 13.5 Å². The van der Waals surface area contributed by atoms with Gasteiger partial charge >= 0.3 is 0 Å². The van der Waals surface area contributed by atoms with E-state index in [1.54, 1.807) is 0 Å². The molecule has 0 spiro atoms. The van der Waals surface area contributed by atoms with Crippen LogP contribution < -0.4 is 20.2 Å². The molecule has 0 saturated carbocycles. The minimum absolute atomic E-state index is 0.119. The molecule has 3 N–H and O–H groups in total. The first-order chi connectivity index (χ1) is 16.6. The highest BCUT2D eigenvalue weighted by atomic mass is 16.1. The predicted octanol–water partition coefficient (Wildman–Crippen LogP) is 5.07. The fourth-order valence-corrected chi connectivity index (χ4v) is 3.96. The van der Waals surface area contributed by atoms with Gasteiger partial charge in [0.15, 0.2) is 18.6 Å². The molecule has 34 heavy (non-hydrogen) atoms. The number of para-hydroxylation sites is 1. The van der Waals surface area contributed by atoms with Gasteiger partial charge in [-0.15, -0.1) is 0 Å². The summed E-state index contributed by atoms with van der Waals surface area (Å²) < 4.78 is 2.01. The van der Waals surface area contributed by atoms with E-state index in [0.717, 1.165) is 39.9 Å². The van der Waals surface area contributed by atoms with Crippen LogP contribution in [0.4, 0.5) is 17.1 Å². The minimum atomic E-state index is -0.119. The number of aryl methyl sites for hydroxylation is 1. The van der Waals surface area contributed by atoms with E-state index < -0.39 is 0 Å². The summed E-state index contributed by atoms with van der Waals surface area (Å²) in [5.41, 5.74) is 6.76. The van der Waals surface area contributed by atoms with E-state index in [1.807, 2.05) is 96.9 Å². The van der Waals surface area contributed by atoms with Crippen LogP contribution in [0.1, 0.15) is 21.5 Å². The Kier molecular flexibility index (Phi) is 5.99. The van der Waals surface area contributed by atoms with Gasteiger partial charge < -0.3 is 10.6 Å². The zero-order valence-electron chi connectivity index (χ0n) is 19.0. The van der Waals surface area contributed by atoms with Crippen LogP contribution in [0.3, 0.4) is 0 Å². The monoisotopic (exact) mass is 446 g/mol. The lowest BCUT2D eigenvalue weighted by Crippen LogP contribution is -2.25. The van der Waals surface area contributed by atoms with E-state index >= 15 is 0 Å². The molecule has 3 aromatic carbocycles. The molecule has 0 radical (unpaired) electrons. The average Bonchev–Trinajstić information content (AvgIpc) is 2.87. The van der Waals surface area contributed by atoms with Crippen molar-refractivity contribution in [3.8, 4) is 0 Å². The summed E-state index contributed by atoms with van der Waals surface area (Å²) in [6.07, 6.45) is 6.77. The second-order valence-electron chi connectivity index (χ2n) is 8.34. The number of aromatic nitrogens is 2. The Morgan fingerprint density at radius 2 is 1.59 bits per heavy atom. The zero-order valence-corrected chi connectivity index (χ0v) is 19.0. The fourth-order valence-electron chi connectivity index (χ4n) is 3.96. The van der Waals surface area contributed by atoms with Gasteiger partial charge in [-0.05, 0) is 60.0 Å². The Morgan fingerprint density at radius 3 is 2.41 bits per heavy atom. The second kappa shape index (κ2) is 9.55. The number of hydrogen-bond acceptors (Lipinski definition) is 2. The molecule has 2 aromatic heterocycles. The molecule has 1 amide bonds. The highest BCUT2D eigenvalue weighted by molar-refractivity contribution is 6.04. The van der Waals surface area contributed by atoms with Gasteiger partial charge in [-0.25, -0.2) is 9.55 Å². The predicted molar refractivity (Wildman–Crippen MR) is 135 cm³/mol. The SMILES string of the molecule is C[n+]1ccc(Cc2cccc(C(=O)Nc3ccc(Nc4cc[nH+]c5ccccc45)cc3)c2)cc1. The molecule has 5 heteroatoms.